The molecule has 0 radical (unpaired) electrons. The number of methoxy groups -OCH3 is 2. The predicted octanol–water partition coefficient (Wildman–Crippen LogP) is 0.861. The number of nitrogens with zero attached hydrogens (tertiary/aromatic N) is 1. The first-order valence-electron chi connectivity index (χ1n) is 5.40. The number of carbonyl (C=O) groups is 1. The smallest absolute Gasteiger partial charge is 0.308 e. The molecule has 0 atom stereocenters. The van der Waals surface area contributed by atoms with Gasteiger partial charge in [0.25, 0.3) is 0 Å². The minimum absolute atomic E-state index is 0.216. The zero-order valence-corrected chi connectivity index (χ0v) is 9.84. The minimum atomic E-state index is -0.960. The molecule has 1 aromatic heterocycles. The van der Waals surface area contributed by atoms with Crippen LogP contribution in [-0.2, 0) is 15.1 Å². The van der Waals surface area contributed by atoms with Crippen molar-refractivity contribution >= 4 is 5.97 Å². The van der Waals surface area contributed by atoms with Gasteiger partial charge in [0.1, 0.15) is 0 Å². The summed E-state index contributed by atoms with van der Waals surface area (Å²) in [5.74, 6) is 0.0180. The van der Waals surface area contributed by atoms with Gasteiger partial charge in [0, 0.05) is 17.8 Å². The van der Waals surface area contributed by atoms with Gasteiger partial charge in [-0.1, -0.05) is 0 Å². The summed E-state index contributed by atoms with van der Waals surface area (Å²) in [6.07, 6.45) is 2.34. The molecule has 0 spiro atoms. The van der Waals surface area contributed by atoms with Crippen LogP contribution in [0.5, 0.6) is 5.88 Å². The molecule has 0 unspecified atom stereocenters. The van der Waals surface area contributed by atoms with Crippen LogP contribution < -0.4 is 4.74 Å². The highest BCUT2D eigenvalue weighted by atomic mass is 16.5. The first kappa shape index (κ1) is 11.9. The van der Waals surface area contributed by atoms with Crippen LogP contribution in [0.15, 0.2) is 18.3 Å². The van der Waals surface area contributed by atoms with Crippen LogP contribution in [-0.4, -0.2) is 30.3 Å². The zero-order valence-electron chi connectivity index (χ0n) is 9.84. The van der Waals surface area contributed by atoms with Crippen LogP contribution >= 0.6 is 0 Å². The van der Waals surface area contributed by atoms with Crippen molar-refractivity contribution in [2.24, 2.45) is 5.92 Å². The molecule has 1 aromatic rings. The van der Waals surface area contributed by atoms with E-state index in [0.717, 1.165) is 0 Å². The van der Waals surface area contributed by atoms with Crippen LogP contribution in [0.3, 0.4) is 0 Å². The first-order chi connectivity index (χ1) is 8.09. The molecule has 5 heteroatoms. The first-order valence-corrected chi connectivity index (χ1v) is 5.40. The molecule has 1 saturated carbocycles. The summed E-state index contributed by atoms with van der Waals surface area (Å²) < 4.78 is 9.58. The van der Waals surface area contributed by atoms with Gasteiger partial charge in [-0.25, -0.2) is 4.98 Å². The highest BCUT2D eigenvalue weighted by molar-refractivity contribution is 5.74. The third-order valence-corrected chi connectivity index (χ3v) is 3.19. The standard InChI is InChI=1S/C12H15NO4/c1-16-10-4-3-9(7-13-10)12(15)5-8(6-12)11(14)17-2/h3-4,7-8,15H,5-6H2,1-2H3. The average molecular weight is 237 g/mol. The van der Waals surface area contributed by atoms with Crippen molar-refractivity contribution < 1.29 is 19.4 Å². The fraction of sp³-hybridized carbons (Fsp3) is 0.500. The lowest BCUT2D eigenvalue weighted by atomic mass is 9.68. The Labute approximate surface area is 99.4 Å². The van der Waals surface area contributed by atoms with E-state index in [4.69, 9.17) is 4.74 Å². The van der Waals surface area contributed by atoms with Gasteiger partial charge < -0.3 is 14.6 Å². The van der Waals surface area contributed by atoms with E-state index in [-0.39, 0.29) is 11.9 Å². The fourth-order valence-corrected chi connectivity index (χ4v) is 2.10. The molecule has 1 aliphatic rings. The van der Waals surface area contributed by atoms with Crippen LogP contribution in [0.1, 0.15) is 18.4 Å². The van der Waals surface area contributed by atoms with Gasteiger partial charge in [-0.05, 0) is 18.9 Å². The van der Waals surface area contributed by atoms with Gasteiger partial charge in [-0.2, -0.15) is 0 Å². The second-order valence-electron chi connectivity index (χ2n) is 4.25. The van der Waals surface area contributed by atoms with Crippen LogP contribution in [0.25, 0.3) is 0 Å². The van der Waals surface area contributed by atoms with Crippen LogP contribution in [0.2, 0.25) is 0 Å². The number of aliphatic hydroxyl groups is 1. The number of esters is 1. The van der Waals surface area contributed by atoms with E-state index in [1.54, 1.807) is 18.3 Å². The number of aromatic nitrogens is 1. The van der Waals surface area contributed by atoms with E-state index in [1.165, 1.54) is 14.2 Å². The van der Waals surface area contributed by atoms with E-state index in [2.05, 4.69) is 9.72 Å². The van der Waals surface area contributed by atoms with Crippen molar-refractivity contribution in [3.8, 4) is 5.88 Å². The lowest BCUT2D eigenvalue weighted by Crippen LogP contribution is -2.44. The molecule has 2 rings (SSSR count). The summed E-state index contributed by atoms with van der Waals surface area (Å²) in [4.78, 5) is 15.3. The number of rotatable bonds is 3. The summed E-state index contributed by atoms with van der Waals surface area (Å²) in [5, 5.41) is 10.3. The summed E-state index contributed by atoms with van der Waals surface area (Å²) in [5.41, 5.74) is -0.253. The molecule has 0 saturated heterocycles. The summed E-state index contributed by atoms with van der Waals surface area (Å²) >= 11 is 0. The largest absolute Gasteiger partial charge is 0.481 e. The topological polar surface area (TPSA) is 68.7 Å². The van der Waals surface area contributed by atoms with Gasteiger partial charge in [-0.15, -0.1) is 0 Å². The van der Waals surface area contributed by atoms with E-state index in [0.29, 0.717) is 24.3 Å². The Morgan fingerprint density at radius 1 is 1.47 bits per heavy atom. The Kier molecular flexibility index (Phi) is 3.02. The number of carbonyl (C=O) groups excluding carboxylic acids is 1. The number of ether oxygens (including phenoxy) is 2. The van der Waals surface area contributed by atoms with E-state index >= 15 is 0 Å². The Bertz CT molecular complexity index is 409. The van der Waals surface area contributed by atoms with Gasteiger partial charge in [0.2, 0.25) is 5.88 Å². The van der Waals surface area contributed by atoms with Crippen molar-refractivity contribution in [2.75, 3.05) is 14.2 Å². The SMILES string of the molecule is COC(=O)C1CC(O)(c2ccc(OC)nc2)C1. The number of pyridine rings is 1. The molecule has 1 N–H and O–H groups in total. The minimum Gasteiger partial charge on any atom is -0.481 e. The number of hydrogen-bond donors (Lipinski definition) is 1. The second kappa shape index (κ2) is 4.33. The normalized spacial score (nSPS) is 27.1. The van der Waals surface area contributed by atoms with Crippen molar-refractivity contribution in [1.29, 1.82) is 0 Å². The molecule has 0 bridgehead atoms. The highest BCUT2D eigenvalue weighted by Crippen LogP contribution is 2.45. The van der Waals surface area contributed by atoms with Crippen molar-refractivity contribution in [1.82, 2.24) is 4.98 Å². The van der Waals surface area contributed by atoms with Crippen molar-refractivity contribution in [3.63, 3.8) is 0 Å². The lowest BCUT2D eigenvalue weighted by molar-refractivity contribution is -0.163. The average Bonchev–Trinajstić information content (AvgIpc) is 2.34. The molecule has 0 aromatic carbocycles. The Balaban J connectivity index is 2.06. The molecule has 0 aliphatic heterocycles. The molecule has 17 heavy (non-hydrogen) atoms. The molecule has 5 nitrogen and oxygen atoms in total. The third kappa shape index (κ3) is 2.10. The van der Waals surface area contributed by atoms with E-state index in [1.807, 2.05) is 0 Å². The molecule has 92 valence electrons. The van der Waals surface area contributed by atoms with Crippen LogP contribution in [0.4, 0.5) is 0 Å². The monoisotopic (exact) mass is 237 g/mol. The van der Waals surface area contributed by atoms with Gasteiger partial charge in [0.15, 0.2) is 0 Å². The molecule has 0 amide bonds. The maximum Gasteiger partial charge on any atom is 0.308 e. The lowest BCUT2D eigenvalue weighted by Gasteiger charge is -2.42. The Morgan fingerprint density at radius 3 is 2.65 bits per heavy atom. The third-order valence-electron chi connectivity index (χ3n) is 3.19. The molecule has 1 aliphatic carbocycles. The van der Waals surface area contributed by atoms with E-state index < -0.39 is 5.60 Å². The van der Waals surface area contributed by atoms with Crippen LogP contribution in [0, 0.1) is 5.92 Å². The zero-order chi connectivity index (χ0) is 12.5. The summed E-state index contributed by atoms with van der Waals surface area (Å²) in [6, 6.07) is 3.46. The van der Waals surface area contributed by atoms with Crippen molar-refractivity contribution in [2.45, 2.75) is 18.4 Å². The quantitative estimate of drug-likeness (QED) is 0.790. The predicted molar refractivity (Wildman–Crippen MR) is 59.4 cm³/mol. The Hall–Kier alpha value is -1.62. The molecular formula is C12H15NO4. The maximum absolute atomic E-state index is 11.2. The molecule has 1 fully saturated rings. The highest BCUT2D eigenvalue weighted by Gasteiger charge is 2.48. The fourth-order valence-electron chi connectivity index (χ4n) is 2.10. The van der Waals surface area contributed by atoms with Gasteiger partial charge in [-0.3, -0.25) is 4.79 Å². The van der Waals surface area contributed by atoms with Gasteiger partial charge >= 0.3 is 5.97 Å². The second-order valence-corrected chi connectivity index (χ2v) is 4.25. The Morgan fingerprint density at radius 2 is 2.18 bits per heavy atom. The molecular weight excluding hydrogens is 222 g/mol. The van der Waals surface area contributed by atoms with Gasteiger partial charge in [0.05, 0.1) is 25.7 Å². The summed E-state index contributed by atoms with van der Waals surface area (Å²) in [7, 11) is 2.89. The number of hydrogen-bond acceptors (Lipinski definition) is 5. The maximum atomic E-state index is 11.2. The van der Waals surface area contributed by atoms with Crippen molar-refractivity contribution in [3.05, 3.63) is 23.9 Å². The van der Waals surface area contributed by atoms with E-state index in [9.17, 15) is 9.90 Å². The molecule has 1 heterocycles. The summed E-state index contributed by atoms with van der Waals surface area (Å²) in [6.45, 7) is 0.